The Labute approximate surface area is 121 Å². The molecule has 1 aromatic heterocycles. The van der Waals surface area contributed by atoms with Gasteiger partial charge in [0.15, 0.2) is 5.76 Å². The van der Waals surface area contributed by atoms with Crippen LogP contribution in [-0.4, -0.2) is 16.2 Å². The number of nitrogens with zero attached hydrogens (tertiary/aromatic N) is 1. The Hall–Kier alpha value is -1.32. The molecule has 0 saturated carbocycles. The molecule has 4 nitrogen and oxygen atoms in total. The first-order valence-corrected chi connectivity index (χ1v) is 7.79. The van der Waals surface area contributed by atoms with Gasteiger partial charge in [0.05, 0.1) is 5.69 Å². The summed E-state index contributed by atoms with van der Waals surface area (Å²) in [6.07, 6.45) is 9.18. The van der Waals surface area contributed by atoms with Crippen LogP contribution >= 0.6 is 0 Å². The van der Waals surface area contributed by atoms with Crippen molar-refractivity contribution in [1.29, 1.82) is 0 Å². The molecular formula is C16H27NO3. The fourth-order valence-electron chi connectivity index (χ4n) is 2.38. The van der Waals surface area contributed by atoms with Crippen molar-refractivity contribution in [2.24, 2.45) is 0 Å². The van der Waals surface area contributed by atoms with Crippen molar-refractivity contribution in [3.8, 4) is 0 Å². The lowest BCUT2D eigenvalue weighted by molar-refractivity contribution is 0.0692. The fraction of sp³-hybridized carbons (Fsp3) is 0.750. The summed E-state index contributed by atoms with van der Waals surface area (Å²) in [5.74, 6) is -0.375. The second-order valence-electron chi connectivity index (χ2n) is 5.70. The topological polar surface area (TPSA) is 63.3 Å². The van der Waals surface area contributed by atoms with E-state index in [0.717, 1.165) is 12.8 Å². The van der Waals surface area contributed by atoms with Gasteiger partial charge in [0.2, 0.25) is 0 Å². The van der Waals surface area contributed by atoms with Gasteiger partial charge in [0, 0.05) is 5.92 Å². The Kier molecular flexibility index (Phi) is 7.34. The van der Waals surface area contributed by atoms with Crippen molar-refractivity contribution in [1.82, 2.24) is 5.16 Å². The molecule has 1 N–H and O–H groups in total. The molecule has 0 bridgehead atoms. The summed E-state index contributed by atoms with van der Waals surface area (Å²) < 4.78 is 5.20. The molecule has 0 aliphatic carbocycles. The molecule has 0 saturated heterocycles. The Morgan fingerprint density at radius 1 is 1.15 bits per heavy atom. The van der Waals surface area contributed by atoms with E-state index in [2.05, 4.69) is 12.1 Å². The van der Waals surface area contributed by atoms with E-state index < -0.39 is 5.97 Å². The lowest BCUT2D eigenvalue weighted by atomic mass is 10.0. The van der Waals surface area contributed by atoms with E-state index in [4.69, 9.17) is 4.52 Å². The molecular weight excluding hydrogens is 254 g/mol. The second-order valence-corrected chi connectivity index (χ2v) is 5.70. The van der Waals surface area contributed by atoms with E-state index in [9.17, 15) is 9.90 Å². The van der Waals surface area contributed by atoms with Crippen molar-refractivity contribution in [3.05, 3.63) is 17.0 Å². The number of carboxylic acids is 1. The third kappa shape index (κ3) is 4.99. The Morgan fingerprint density at radius 3 is 2.30 bits per heavy atom. The molecule has 0 aliphatic heterocycles. The number of hydrogen-bond acceptors (Lipinski definition) is 3. The highest BCUT2D eigenvalue weighted by molar-refractivity contribution is 5.90. The van der Waals surface area contributed by atoms with Crippen molar-refractivity contribution in [2.45, 2.75) is 78.1 Å². The molecule has 0 amide bonds. The van der Waals surface area contributed by atoms with Gasteiger partial charge < -0.3 is 9.63 Å². The zero-order chi connectivity index (χ0) is 15.0. The highest BCUT2D eigenvalue weighted by Gasteiger charge is 2.23. The van der Waals surface area contributed by atoms with Crippen molar-refractivity contribution < 1.29 is 14.4 Å². The van der Waals surface area contributed by atoms with Gasteiger partial charge in [0.1, 0.15) is 5.56 Å². The van der Waals surface area contributed by atoms with Crippen LogP contribution in [0, 0.1) is 0 Å². The standard InChI is InChI=1S/C16H27NO3/c1-4-5-6-7-8-9-10-11-13-14(16(18)19)15(12(2)3)20-17-13/h12H,4-11H2,1-3H3,(H,18,19). The molecule has 1 aromatic rings. The molecule has 0 unspecified atom stereocenters. The van der Waals surface area contributed by atoms with Crippen LogP contribution in [-0.2, 0) is 6.42 Å². The number of aromatic nitrogens is 1. The van der Waals surface area contributed by atoms with Gasteiger partial charge in [-0.3, -0.25) is 0 Å². The molecule has 114 valence electrons. The molecule has 20 heavy (non-hydrogen) atoms. The molecule has 0 atom stereocenters. The zero-order valence-electron chi connectivity index (χ0n) is 12.9. The van der Waals surface area contributed by atoms with Crippen molar-refractivity contribution in [3.63, 3.8) is 0 Å². The van der Waals surface area contributed by atoms with Crippen LogP contribution in [0.15, 0.2) is 4.52 Å². The maximum atomic E-state index is 11.3. The van der Waals surface area contributed by atoms with Gasteiger partial charge in [-0.2, -0.15) is 0 Å². The number of aryl methyl sites for hydroxylation is 1. The van der Waals surface area contributed by atoms with E-state index in [0.29, 0.717) is 17.9 Å². The van der Waals surface area contributed by atoms with Crippen LogP contribution in [0.4, 0.5) is 0 Å². The van der Waals surface area contributed by atoms with Crippen molar-refractivity contribution >= 4 is 5.97 Å². The van der Waals surface area contributed by atoms with E-state index >= 15 is 0 Å². The molecule has 0 aromatic carbocycles. The van der Waals surface area contributed by atoms with Gasteiger partial charge in [0.25, 0.3) is 0 Å². The lowest BCUT2D eigenvalue weighted by Gasteiger charge is -2.02. The monoisotopic (exact) mass is 281 g/mol. The first-order valence-electron chi connectivity index (χ1n) is 7.79. The zero-order valence-corrected chi connectivity index (χ0v) is 12.9. The smallest absolute Gasteiger partial charge is 0.341 e. The third-order valence-electron chi connectivity index (χ3n) is 3.54. The minimum Gasteiger partial charge on any atom is -0.477 e. The number of carbonyl (C=O) groups is 1. The van der Waals surface area contributed by atoms with Gasteiger partial charge in [-0.25, -0.2) is 4.79 Å². The molecule has 4 heteroatoms. The number of rotatable bonds is 10. The summed E-state index contributed by atoms with van der Waals surface area (Å²) in [6.45, 7) is 6.05. The van der Waals surface area contributed by atoms with Gasteiger partial charge >= 0.3 is 5.97 Å². The van der Waals surface area contributed by atoms with Gasteiger partial charge in [-0.1, -0.05) is 64.5 Å². The molecule has 0 fully saturated rings. The van der Waals surface area contributed by atoms with Crippen LogP contribution in [0.3, 0.4) is 0 Å². The number of hydrogen-bond donors (Lipinski definition) is 1. The minimum atomic E-state index is -0.923. The van der Waals surface area contributed by atoms with Crippen LogP contribution < -0.4 is 0 Å². The number of aromatic carboxylic acids is 1. The first kappa shape index (κ1) is 16.7. The van der Waals surface area contributed by atoms with Crippen LogP contribution in [0.25, 0.3) is 0 Å². The number of unbranched alkanes of at least 4 members (excludes halogenated alkanes) is 6. The Bertz CT molecular complexity index is 410. The van der Waals surface area contributed by atoms with Gasteiger partial charge in [-0.05, 0) is 12.8 Å². The molecule has 0 radical (unpaired) electrons. The average molecular weight is 281 g/mol. The lowest BCUT2D eigenvalue weighted by Crippen LogP contribution is -2.04. The quantitative estimate of drug-likeness (QED) is 0.626. The van der Waals surface area contributed by atoms with E-state index in [1.807, 2.05) is 13.8 Å². The first-order chi connectivity index (χ1) is 9.57. The predicted octanol–water partition coefficient (Wildman–Crippen LogP) is 4.79. The van der Waals surface area contributed by atoms with Crippen LogP contribution in [0.2, 0.25) is 0 Å². The largest absolute Gasteiger partial charge is 0.477 e. The molecule has 0 aliphatic rings. The molecule has 1 heterocycles. The summed E-state index contributed by atoms with van der Waals surface area (Å²) in [4.78, 5) is 11.3. The average Bonchev–Trinajstić information content (AvgIpc) is 2.82. The predicted molar refractivity (Wildman–Crippen MR) is 79.2 cm³/mol. The maximum Gasteiger partial charge on any atom is 0.341 e. The molecule has 0 spiro atoms. The maximum absolute atomic E-state index is 11.3. The second kappa shape index (κ2) is 8.77. The van der Waals surface area contributed by atoms with E-state index in [1.54, 1.807) is 0 Å². The van der Waals surface area contributed by atoms with Crippen LogP contribution in [0.5, 0.6) is 0 Å². The minimum absolute atomic E-state index is 0.0522. The van der Waals surface area contributed by atoms with E-state index in [-0.39, 0.29) is 11.5 Å². The normalized spacial score (nSPS) is 11.2. The summed E-state index contributed by atoms with van der Waals surface area (Å²) >= 11 is 0. The molecule has 1 rings (SSSR count). The highest BCUT2D eigenvalue weighted by atomic mass is 16.5. The third-order valence-corrected chi connectivity index (χ3v) is 3.54. The van der Waals surface area contributed by atoms with Gasteiger partial charge in [-0.15, -0.1) is 0 Å². The van der Waals surface area contributed by atoms with Crippen LogP contribution in [0.1, 0.15) is 93.4 Å². The summed E-state index contributed by atoms with van der Waals surface area (Å²) in [5, 5.41) is 13.2. The number of carboxylic acid groups (broad SMARTS) is 1. The van der Waals surface area contributed by atoms with E-state index in [1.165, 1.54) is 32.1 Å². The summed E-state index contributed by atoms with van der Waals surface area (Å²) in [7, 11) is 0. The van der Waals surface area contributed by atoms with Crippen molar-refractivity contribution in [2.75, 3.05) is 0 Å². The Balaban J connectivity index is 2.42. The summed E-state index contributed by atoms with van der Waals surface area (Å²) in [6, 6.07) is 0. The summed E-state index contributed by atoms with van der Waals surface area (Å²) in [5.41, 5.74) is 0.890. The Morgan fingerprint density at radius 2 is 1.75 bits per heavy atom. The highest BCUT2D eigenvalue weighted by Crippen LogP contribution is 2.24. The SMILES string of the molecule is CCCCCCCCCc1noc(C(C)C)c1C(=O)O. The fourth-order valence-corrected chi connectivity index (χ4v) is 2.38.